The van der Waals surface area contributed by atoms with Gasteiger partial charge >= 0.3 is 6.18 Å². The van der Waals surface area contributed by atoms with E-state index in [4.69, 9.17) is 0 Å². The van der Waals surface area contributed by atoms with E-state index in [-0.39, 0.29) is 10.5 Å². The number of halogens is 3. The van der Waals surface area contributed by atoms with E-state index >= 15 is 0 Å². The molecule has 0 saturated carbocycles. The third-order valence-corrected chi connectivity index (χ3v) is 1.41. The summed E-state index contributed by atoms with van der Waals surface area (Å²) in [5.74, 6) is 0.0861. The normalized spacial score (nSPS) is 11.4. The van der Waals surface area contributed by atoms with Gasteiger partial charge in [0.2, 0.25) is 6.20 Å². The zero-order valence-corrected chi connectivity index (χ0v) is 6.63. The van der Waals surface area contributed by atoms with Crippen molar-refractivity contribution in [3.63, 3.8) is 0 Å². The zero-order chi connectivity index (χ0) is 10.1. The first-order valence-electron chi connectivity index (χ1n) is 3.29. The molecule has 0 aliphatic rings. The van der Waals surface area contributed by atoms with Gasteiger partial charge in [-0.3, -0.25) is 0 Å². The van der Waals surface area contributed by atoms with E-state index in [0.29, 0.717) is 6.07 Å². The van der Waals surface area contributed by atoms with Crippen LogP contribution in [-0.2, 0) is 6.18 Å². The molecule has 0 aromatic carbocycles. The predicted octanol–water partition coefficient (Wildman–Crippen LogP) is 1.35. The van der Waals surface area contributed by atoms with Crippen LogP contribution in [0.1, 0.15) is 5.69 Å². The lowest BCUT2D eigenvalue weighted by molar-refractivity contribution is -0.629. The van der Waals surface area contributed by atoms with E-state index in [1.165, 1.54) is 7.11 Å². The largest absolute Gasteiger partial charge is 0.618 e. The smallest absolute Gasteiger partial charge is 0.478 e. The minimum absolute atomic E-state index is 0.0861. The molecule has 13 heavy (non-hydrogen) atoms. The monoisotopic (exact) mass is 193 g/mol. The molecule has 0 radical (unpaired) electrons. The molecule has 0 spiro atoms. The summed E-state index contributed by atoms with van der Waals surface area (Å²) in [7, 11) is 1.27. The van der Waals surface area contributed by atoms with Crippen molar-refractivity contribution in [3.8, 4) is 5.75 Å². The van der Waals surface area contributed by atoms with E-state index in [1.54, 1.807) is 0 Å². The Balaban J connectivity index is 3.13. The molecule has 1 rings (SSSR count). The summed E-state index contributed by atoms with van der Waals surface area (Å²) in [5, 5.41) is 10.8. The van der Waals surface area contributed by atoms with Crippen molar-refractivity contribution in [2.24, 2.45) is 0 Å². The van der Waals surface area contributed by atoms with Gasteiger partial charge in [0.1, 0.15) is 0 Å². The highest BCUT2D eigenvalue weighted by atomic mass is 19.4. The average molecular weight is 193 g/mol. The summed E-state index contributed by atoms with van der Waals surface area (Å²) in [6.07, 6.45) is -3.91. The molecule has 0 aliphatic heterocycles. The Morgan fingerprint density at radius 1 is 1.38 bits per heavy atom. The summed E-state index contributed by atoms with van der Waals surface area (Å²) in [4.78, 5) is 0. The molecule has 0 fully saturated rings. The Bertz CT molecular complexity index is 311. The van der Waals surface area contributed by atoms with Crippen LogP contribution in [0.25, 0.3) is 0 Å². The highest BCUT2D eigenvalue weighted by Gasteiger charge is 2.39. The Morgan fingerprint density at radius 3 is 2.38 bits per heavy atom. The minimum Gasteiger partial charge on any atom is -0.618 e. The number of alkyl halides is 3. The highest BCUT2D eigenvalue weighted by molar-refractivity contribution is 5.16. The summed E-state index contributed by atoms with van der Waals surface area (Å²) in [5.41, 5.74) is -1.26. The standard InChI is InChI=1S/C7H6F3NO2/c1-13-5-2-3-6(7(8,9)10)11(12)4-5/h2-4H,1H3. The van der Waals surface area contributed by atoms with Gasteiger partial charge in [0, 0.05) is 6.07 Å². The molecule has 0 atom stereocenters. The summed E-state index contributed by atoms with van der Waals surface area (Å²) in [6.45, 7) is 0. The van der Waals surface area contributed by atoms with Gasteiger partial charge < -0.3 is 9.94 Å². The van der Waals surface area contributed by atoms with Gasteiger partial charge in [-0.15, -0.1) is 0 Å². The number of methoxy groups -OCH3 is 1. The molecular formula is C7H6F3NO2. The van der Waals surface area contributed by atoms with Crippen LogP contribution in [-0.4, -0.2) is 7.11 Å². The molecule has 0 aliphatic carbocycles. The first-order valence-corrected chi connectivity index (χ1v) is 3.29. The maximum absolute atomic E-state index is 12.0. The first-order chi connectivity index (χ1) is 5.95. The molecule has 3 nitrogen and oxygen atoms in total. The molecule has 1 aromatic heterocycles. The lowest BCUT2D eigenvalue weighted by Gasteiger charge is -2.07. The van der Waals surface area contributed by atoms with Crippen LogP contribution in [0.15, 0.2) is 18.3 Å². The van der Waals surface area contributed by atoms with Gasteiger partial charge in [0.15, 0.2) is 5.75 Å². The lowest BCUT2D eigenvalue weighted by atomic mass is 10.3. The van der Waals surface area contributed by atoms with E-state index in [1.807, 2.05) is 0 Å². The fraction of sp³-hybridized carbons (Fsp3) is 0.286. The quantitative estimate of drug-likeness (QED) is 0.498. The van der Waals surface area contributed by atoms with Gasteiger partial charge in [0.25, 0.3) is 5.69 Å². The number of hydrogen-bond acceptors (Lipinski definition) is 2. The van der Waals surface area contributed by atoms with Crippen LogP contribution in [0.2, 0.25) is 0 Å². The molecule has 1 heterocycles. The van der Waals surface area contributed by atoms with Crippen LogP contribution in [0.5, 0.6) is 5.75 Å². The van der Waals surface area contributed by atoms with Gasteiger partial charge in [-0.1, -0.05) is 0 Å². The number of nitrogens with zero attached hydrogens (tertiary/aromatic N) is 1. The van der Waals surface area contributed by atoms with Crippen molar-refractivity contribution in [1.82, 2.24) is 0 Å². The maximum Gasteiger partial charge on any atom is 0.478 e. The summed E-state index contributed by atoms with van der Waals surface area (Å²) >= 11 is 0. The van der Waals surface area contributed by atoms with Crippen molar-refractivity contribution < 1.29 is 22.6 Å². The second-order valence-corrected chi connectivity index (χ2v) is 2.28. The molecule has 0 amide bonds. The predicted molar refractivity (Wildman–Crippen MR) is 37.0 cm³/mol. The Hall–Kier alpha value is -1.46. The molecule has 0 saturated heterocycles. The SMILES string of the molecule is COc1ccc(C(F)(F)F)[n+]([O-])c1. The Morgan fingerprint density at radius 2 is 2.00 bits per heavy atom. The molecule has 0 bridgehead atoms. The van der Waals surface area contributed by atoms with Crippen molar-refractivity contribution in [2.75, 3.05) is 7.11 Å². The summed E-state index contributed by atoms with van der Waals surface area (Å²) in [6, 6.07) is 1.75. The van der Waals surface area contributed by atoms with Crippen molar-refractivity contribution in [2.45, 2.75) is 6.18 Å². The van der Waals surface area contributed by atoms with E-state index in [2.05, 4.69) is 4.74 Å². The van der Waals surface area contributed by atoms with Crippen LogP contribution < -0.4 is 9.47 Å². The fourth-order valence-corrected chi connectivity index (χ4v) is 0.803. The van der Waals surface area contributed by atoms with Crippen LogP contribution in [0.4, 0.5) is 13.2 Å². The Kier molecular flexibility index (Phi) is 2.31. The average Bonchev–Trinajstić information content (AvgIpc) is 2.01. The van der Waals surface area contributed by atoms with E-state index < -0.39 is 11.9 Å². The number of aromatic nitrogens is 1. The first kappa shape index (κ1) is 9.63. The lowest BCUT2D eigenvalue weighted by Crippen LogP contribution is -2.36. The van der Waals surface area contributed by atoms with Gasteiger partial charge in [-0.2, -0.15) is 17.9 Å². The zero-order valence-electron chi connectivity index (χ0n) is 6.63. The summed E-state index contributed by atoms with van der Waals surface area (Å²) < 4.78 is 40.4. The van der Waals surface area contributed by atoms with Crippen molar-refractivity contribution >= 4 is 0 Å². The van der Waals surface area contributed by atoms with E-state index in [0.717, 1.165) is 12.3 Å². The van der Waals surface area contributed by atoms with E-state index in [9.17, 15) is 18.4 Å². The maximum atomic E-state index is 12.0. The topological polar surface area (TPSA) is 36.2 Å². The van der Waals surface area contributed by atoms with Gasteiger partial charge in [-0.05, 0) is 6.07 Å². The molecule has 1 aromatic rings. The van der Waals surface area contributed by atoms with Crippen LogP contribution >= 0.6 is 0 Å². The van der Waals surface area contributed by atoms with Crippen LogP contribution in [0, 0.1) is 5.21 Å². The third-order valence-electron chi connectivity index (χ3n) is 1.41. The molecule has 72 valence electrons. The molecule has 0 unspecified atom stereocenters. The number of hydrogen-bond donors (Lipinski definition) is 0. The molecular weight excluding hydrogens is 187 g/mol. The third kappa shape index (κ3) is 2.01. The van der Waals surface area contributed by atoms with Crippen LogP contribution in [0.3, 0.4) is 0 Å². The number of rotatable bonds is 1. The molecule has 0 N–H and O–H groups in total. The van der Waals surface area contributed by atoms with Gasteiger partial charge in [0.05, 0.1) is 7.11 Å². The second kappa shape index (κ2) is 3.12. The minimum atomic E-state index is -4.63. The fourth-order valence-electron chi connectivity index (χ4n) is 0.803. The Labute approximate surface area is 71.9 Å². The van der Waals surface area contributed by atoms with Crippen molar-refractivity contribution in [3.05, 3.63) is 29.2 Å². The molecule has 6 heteroatoms. The number of pyridine rings is 1. The van der Waals surface area contributed by atoms with Gasteiger partial charge in [-0.25, -0.2) is 0 Å². The number of ether oxygens (including phenoxy) is 1. The highest BCUT2D eigenvalue weighted by Crippen LogP contribution is 2.26. The second-order valence-electron chi connectivity index (χ2n) is 2.28. The van der Waals surface area contributed by atoms with Crippen molar-refractivity contribution in [1.29, 1.82) is 0 Å².